The first-order valence-corrected chi connectivity index (χ1v) is 16.7. The lowest BCUT2D eigenvalue weighted by Gasteiger charge is -2.38. The zero-order valence-corrected chi connectivity index (χ0v) is 29.0. The van der Waals surface area contributed by atoms with E-state index in [9.17, 15) is 30.0 Å². The molecule has 0 unspecified atom stereocenters. The molecule has 1 aliphatic heterocycles. The summed E-state index contributed by atoms with van der Waals surface area (Å²) in [5.74, 6) is -2.39. The van der Waals surface area contributed by atoms with E-state index in [1.807, 2.05) is 10.9 Å². The van der Waals surface area contributed by atoms with Crippen LogP contribution in [-0.4, -0.2) is 99.0 Å². The average molecular weight is 697 g/mol. The molecule has 14 nitrogen and oxygen atoms in total. The molecule has 0 aliphatic carbocycles. The number of aromatic nitrogens is 3. The number of carboxylic acid groups (broad SMARTS) is 1. The first kappa shape index (κ1) is 40.4. The minimum atomic E-state index is -1.87. The first-order valence-electron chi connectivity index (χ1n) is 16.7. The first-order chi connectivity index (χ1) is 23.9. The standard InChI is InChI=1S/C35H49BN4O10/c1-5-9-22(2)10-6-11-23(3)12-7-16-40-19-26(38-39-40)21-47-17-8-15-37-24(4)27-18-25(20-48-35(36)46)13-14-28(27)49-34-31(43)29(41)30(42)32(50-34)33(44)45/h9,11,13-14,18-19,29-32,34,37,41-43H,4-8,10,12,15-17,20-21H2,1-3H3,(H,44,45)/b22-9+,23-11+/t29-,30-,31+,32-,34+/m0/s1. The van der Waals surface area contributed by atoms with Gasteiger partial charge in [-0.3, -0.25) is 9.48 Å². The summed E-state index contributed by atoms with van der Waals surface area (Å²) in [7, 11) is 5.09. The summed E-state index contributed by atoms with van der Waals surface area (Å²) in [6.07, 6.45) is 3.37. The molecule has 0 bridgehead atoms. The van der Waals surface area contributed by atoms with Gasteiger partial charge >= 0.3 is 5.97 Å². The van der Waals surface area contributed by atoms with Crippen molar-refractivity contribution < 1.29 is 49.0 Å². The molecule has 1 fully saturated rings. The number of ether oxygens (including phenoxy) is 4. The van der Waals surface area contributed by atoms with E-state index in [4.69, 9.17) is 26.8 Å². The van der Waals surface area contributed by atoms with Crippen LogP contribution in [0.2, 0.25) is 0 Å². The van der Waals surface area contributed by atoms with Gasteiger partial charge in [-0.15, -0.1) is 5.10 Å². The van der Waals surface area contributed by atoms with Gasteiger partial charge in [0.25, 0.3) is 0 Å². The molecule has 2 aromatic rings. The van der Waals surface area contributed by atoms with Gasteiger partial charge in [-0.1, -0.05) is 48.1 Å². The maximum absolute atomic E-state index is 11.5. The van der Waals surface area contributed by atoms with Crippen LogP contribution in [-0.2, 0) is 38.8 Å². The van der Waals surface area contributed by atoms with E-state index >= 15 is 0 Å². The Hall–Kier alpha value is -4.02. The van der Waals surface area contributed by atoms with E-state index in [0.29, 0.717) is 43.0 Å². The minimum Gasteiger partial charge on any atom is -0.479 e. The maximum atomic E-state index is 11.5. The third kappa shape index (κ3) is 13.0. The SMILES string of the molecule is [B]C(=O)OCc1ccc(O[C@@H]2O[C@H](C(=O)O)[C@@H](O)[C@H](O)[C@H]2O)c(C(=C)NCCCOCc2cn(CCC/C(C)=C/CC/C(C)=C/CC)nn2)c1. The van der Waals surface area contributed by atoms with Crippen LogP contribution in [0.3, 0.4) is 0 Å². The summed E-state index contributed by atoms with van der Waals surface area (Å²) in [6, 6.07) is 4.64. The van der Waals surface area contributed by atoms with Crippen molar-refractivity contribution in [3.8, 4) is 5.75 Å². The Morgan fingerprint density at radius 2 is 1.84 bits per heavy atom. The lowest BCUT2D eigenvalue weighted by atomic mass is 9.99. The van der Waals surface area contributed by atoms with E-state index < -0.39 is 42.5 Å². The largest absolute Gasteiger partial charge is 0.479 e. The van der Waals surface area contributed by atoms with Gasteiger partial charge in [-0.2, -0.15) is 0 Å². The van der Waals surface area contributed by atoms with Crippen molar-refractivity contribution in [1.82, 2.24) is 20.3 Å². The zero-order valence-electron chi connectivity index (χ0n) is 29.0. The van der Waals surface area contributed by atoms with E-state index in [0.717, 1.165) is 44.3 Å². The molecular weight excluding hydrogens is 647 g/mol. The second-order valence-corrected chi connectivity index (χ2v) is 12.2. The number of aliphatic carboxylic acids is 1. The van der Waals surface area contributed by atoms with Crippen LogP contribution in [0.4, 0.5) is 4.79 Å². The van der Waals surface area contributed by atoms with Gasteiger partial charge in [-0.25, -0.2) is 4.79 Å². The summed E-state index contributed by atoms with van der Waals surface area (Å²) < 4.78 is 23.5. The Balaban J connectivity index is 1.47. The number of nitrogens with zero attached hydrogens (tertiary/aromatic N) is 3. The number of allylic oxidation sites excluding steroid dienone is 4. The van der Waals surface area contributed by atoms with Gasteiger partial charge in [0.15, 0.2) is 6.10 Å². The number of aliphatic hydroxyl groups excluding tert-OH is 3. The zero-order chi connectivity index (χ0) is 36.6. The van der Waals surface area contributed by atoms with Crippen LogP contribution in [0.1, 0.15) is 76.1 Å². The molecule has 0 amide bonds. The number of hydrogen-bond donors (Lipinski definition) is 5. The maximum Gasteiger partial charge on any atom is 0.335 e. The molecule has 3 rings (SSSR count). The molecule has 15 heteroatoms. The van der Waals surface area contributed by atoms with Crippen molar-refractivity contribution in [2.75, 3.05) is 13.2 Å². The summed E-state index contributed by atoms with van der Waals surface area (Å²) in [6.45, 7) is 12.4. The summed E-state index contributed by atoms with van der Waals surface area (Å²) in [5.41, 5.74) is 4.85. The lowest BCUT2D eigenvalue weighted by Crippen LogP contribution is -2.61. The second-order valence-electron chi connectivity index (χ2n) is 12.2. The molecular formula is C35H49BN4O10. The summed E-state index contributed by atoms with van der Waals surface area (Å²) in [4.78, 5) is 22.6. The highest BCUT2D eigenvalue weighted by molar-refractivity contribution is 6.55. The van der Waals surface area contributed by atoms with E-state index in [1.54, 1.807) is 12.1 Å². The Bertz CT molecular complexity index is 1480. The summed E-state index contributed by atoms with van der Waals surface area (Å²) in [5, 5.41) is 51.5. The molecule has 5 atom stereocenters. The number of aryl methyl sites for hydroxylation is 1. The van der Waals surface area contributed by atoms with E-state index in [1.165, 1.54) is 17.2 Å². The van der Waals surface area contributed by atoms with Crippen LogP contribution < -0.4 is 10.1 Å². The van der Waals surface area contributed by atoms with Crippen molar-refractivity contribution in [2.45, 2.75) is 110 Å². The molecule has 2 radical (unpaired) electrons. The highest BCUT2D eigenvalue weighted by Gasteiger charge is 2.48. The molecule has 0 saturated carbocycles. The Kier molecular flexibility index (Phi) is 16.7. The highest BCUT2D eigenvalue weighted by atomic mass is 16.7. The van der Waals surface area contributed by atoms with Crippen molar-refractivity contribution in [3.05, 3.63) is 71.1 Å². The van der Waals surface area contributed by atoms with Crippen molar-refractivity contribution >= 4 is 25.4 Å². The molecule has 0 spiro atoms. The Morgan fingerprint density at radius 3 is 2.56 bits per heavy atom. The molecule has 1 aromatic heterocycles. The molecule has 1 aliphatic rings. The predicted molar refractivity (Wildman–Crippen MR) is 185 cm³/mol. The monoisotopic (exact) mass is 696 g/mol. The van der Waals surface area contributed by atoms with Crippen LogP contribution in [0.25, 0.3) is 5.70 Å². The number of carboxylic acids is 1. The van der Waals surface area contributed by atoms with E-state index in [2.05, 4.69) is 55.1 Å². The van der Waals surface area contributed by atoms with Crippen LogP contribution in [0.15, 0.2) is 54.3 Å². The number of nitrogens with one attached hydrogen (secondary N) is 1. The number of rotatable bonds is 21. The van der Waals surface area contributed by atoms with Gasteiger partial charge < -0.3 is 44.7 Å². The number of benzene rings is 1. The second kappa shape index (κ2) is 20.6. The Labute approximate surface area is 294 Å². The average Bonchev–Trinajstić information content (AvgIpc) is 3.53. The van der Waals surface area contributed by atoms with E-state index in [-0.39, 0.29) is 12.4 Å². The van der Waals surface area contributed by atoms with Crippen molar-refractivity contribution in [3.63, 3.8) is 0 Å². The number of hydrogen-bond acceptors (Lipinski definition) is 12. The minimum absolute atomic E-state index is 0.113. The van der Waals surface area contributed by atoms with Gasteiger partial charge in [-0.05, 0) is 70.1 Å². The number of aliphatic hydroxyl groups is 3. The Morgan fingerprint density at radius 1 is 1.08 bits per heavy atom. The van der Waals surface area contributed by atoms with Gasteiger partial charge in [0.1, 0.15) is 36.4 Å². The molecule has 2 heterocycles. The van der Waals surface area contributed by atoms with Crippen LogP contribution in [0.5, 0.6) is 5.75 Å². The fourth-order valence-corrected chi connectivity index (χ4v) is 5.25. The third-order valence-electron chi connectivity index (χ3n) is 7.99. The molecule has 5 N–H and O–H groups in total. The fraction of sp³-hybridized carbons (Fsp3) is 0.543. The van der Waals surface area contributed by atoms with Crippen molar-refractivity contribution in [2.24, 2.45) is 0 Å². The van der Waals surface area contributed by atoms with Crippen molar-refractivity contribution in [1.29, 1.82) is 0 Å². The number of carbonyl (C=O) groups excluding carboxylic acids is 1. The number of carbonyl (C=O) groups is 2. The topological polar surface area (TPSA) is 195 Å². The van der Waals surface area contributed by atoms with Crippen LogP contribution >= 0.6 is 0 Å². The fourth-order valence-electron chi connectivity index (χ4n) is 5.25. The predicted octanol–water partition coefficient (Wildman–Crippen LogP) is 3.38. The summed E-state index contributed by atoms with van der Waals surface area (Å²) >= 11 is 0. The smallest absolute Gasteiger partial charge is 0.335 e. The van der Waals surface area contributed by atoms with Crippen LogP contribution in [0, 0.1) is 0 Å². The molecule has 50 heavy (non-hydrogen) atoms. The molecule has 272 valence electrons. The third-order valence-corrected chi connectivity index (χ3v) is 7.99. The highest BCUT2D eigenvalue weighted by Crippen LogP contribution is 2.30. The lowest BCUT2D eigenvalue weighted by molar-refractivity contribution is -0.271. The molecule has 1 saturated heterocycles. The normalized spacial score (nSPS) is 21.1. The molecule has 1 aromatic carbocycles. The van der Waals surface area contributed by atoms with Gasteiger partial charge in [0.2, 0.25) is 20.0 Å². The van der Waals surface area contributed by atoms with Gasteiger partial charge in [0, 0.05) is 31.0 Å². The quantitative estimate of drug-likeness (QED) is 0.0725. The van der Waals surface area contributed by atoms with Gasteiger partial charge in [0.05, 0.1) is 12.8 Å².